The number of nitrogens with one attached hydrogen (secondary N) is 1. The number of benzene rings is 1. The summed E-state index contributed by atoms with van der Waals surface area (Å²) in [4.78, 5) is 26.9. The zero-order valence-corrected chi connectivity index (χ0v) is 17.8. The summed E-state index contributed by atoms with van der Waals surface area (Å²) in [6.07, 6.45) is 4.19. The lowest BCUT2D eigenvalue weighted by atomic mass is 10.1. The standard InChI is InChI=1S/C25H25N5O/c1-17-14-20(18(2)30(17)21-6-4-3-5-7-21)15-29-13-10-23-22(16-29)25(31)28-24(27-23)19-8-11-26-12-9-19/h3-9,11-12,14H,10,13,15-16H2,1-2H3,(H,27,28,31). The van der Waals surface area contributed by atoms with Crippen molar-refractivity contribution < 1.29 is 0 Å². The third-order valence-electron chi connectivity index (χ3n) is 6.05. The molecule has 4 aromatic rings. The largest absolute Gasteiger partial charge is 0.318 e. The van der Waals surface area contributed by atoms with E-state index in [0.29, 0.717) is 12.4 Å². The van der Waals surface area contributed by atoms with Gasteiger partial charge in [-0.1, -0.05) is 18.2 Å². The van der Waals surface area contributed by atoms with Gasteiger partial charge in [0.1, 0.15) is 5.82 Å². The molecule has 0 spiro atoms. The molecule has 5 rings (SSSR count). The Balaban J connectivity index is 1.39. The number of hydrogen-bond acceptors (Lipinski definition) is 4. The van der Waals surface area contributed by atoms with Gasteiger partial charge in [0, 0.05) is 61.1 Å². The predicted molar refractivity (Wildman–Crippen MR) is 121 cm³/mol. The predicted octanol–water partition coefficient (Wildman–Crippen LogP) is 3.80. The van der Waals surface area contributed by atoms with Crippen molar-refractivity contribution in [3.8, 4) is 17.1 Å². The van der Waals surface area contributed by atoms with E-state index in [-0.39, 0.29) is 5.56 Å². The number of aryl methyl sites for hydroxylation is 1. The van der Waals surface area contributed by atoms with Crippen molar-refractivity contribution in [1.29, 1.82) is 0 Å². The van der Waals surface area contributed by atoms with E-state index in [1.54, 1.807) is 12.4 Å². The monoisotopic (exact) mass is 411 g/mol. The SMILES string of the molecule is Cc1cc(CN2CCc3nc(-c4ccncc4)[nH]c(=O)c3C2)c(C)n1-c1ccccc1. The van der Waals surface area contributed by atoms with E-state index in [0.717, 1.165) is 36.3 Å². The number of para-hydroxylation sites is 1. The Labute approximate surface area is 181 Å². The lowest BCUT2D eigenvalue weighted by Gasteiger charge is -2.27. The highest BCUT2D eigenvalue weighted by molar-refractivity contribution is 5.54. The molecule has 0 saturated heterocycles. The summed E-state index contributed by atoms with van der Waals surface area (Å²) < 4.78 is 2.29. The number of rotatable bonds is 4. The Morgan fingerprint density at radius 3 is 2.61 bits per heavy atom. The molecule has 0 saturated carbocycles. The second-order valence-corrected chi connectivity index (χ2v) is 8.10. The van der Waals surface area contributed by atoms with Crippen LogP contribution in [-0.4, -0.2) is 31.0 Å². The lowest BCUT2D eigenvalue weighted by molar-refractivity contribution is 0.241. The molecular weight excluding hydrogens is 386 g/mol. The van der Waals surface area contributed by atoms with Crippen molar-refractivity contribution in [2.24, 2.45) is 0 Å². The van der Waals surface area contributed by atoms with Crippen LogP contribution >= 0.6 is 0 Å². The van der Waals surface area contributed by atoms with E-state index < -0.39 is 0 Å². The summed E-state index contributed by atoms with van der Waals surface area (Å²) in [5.41, 5.74) is 7.45. The van der Waals surface area contributed by atoms with Gasteiger partial charge < -0.3 is 9.55 Å². The number of fused-ring (bicyclic) bond motifs is 1. The molecule has 0 fully saturated rings. The fourth-order valence-corrected chi connectivity index (χ4v) is 4.47. The lowest BCUT2D eigenvalue weighted by Crippen LogP contribution is -2.35. The summed E-state index contributed by atoms with van der Waals surface area (Å²) in [6, 6.07) is 16.4. The van der Waals surface area contributed by atoms with Crippen LogP contribution in [0.2, 0.25) is 0 Å². The molecular formula is C25H25N5O. The van der Waals surface area contributed by atoms with Gasteiger partial charge in [0.05, 0.1) is 11.3 Å². The van der Waals surface area contributed by atoms with Gasteiger partial charge >= 0.3 is 0 Å². The molecule has 31 heavy (non-hydrogen) atoms. The molecule has 1 aliphatic heterocycles. The van der Waals surface area contributed by atoms with Crippen molar-refractivity contribution in [1.82, 2.24) is 24.4 Å². The average molecular weight is 412 g/mol. The minimum absolute atomic E-state index is 0.0451. The molecule has 3 aromatic heterocycles. The van der Waals surface area contributed by atoms with Crippen LogP contribution in [0.15, 0.2) is 65.7 Å². The Kier molecular flexibility index (Phi) is 5.00. The van der Waals surface area contributed by atoms with Gasteiger partial charge in [-0.25, -0.2) is 4.98 Å². The van der Waals surface area contributed by atoms with Crippen LogP contribution in [0.1, 0.15) is 28.2 Å². The maximum atomic E-state index is 12.8. The summed E-state index contributed by atoms with van der Waals surface area (Å²) in [5.74, 6) is 0.617. The zero-order valence-electron chi connectivity index (χ0n) is 17.8. The quantitative estimate of drug-likeness (QED) is 0.555. The van der Waals surface area contributed by atoms with E-state index in [2.05, 4.69) is 63.6 Å². The van der Waals surface area contributed by atoms with Gasteiger partial charge in [-0.15, -0.1) is 0 Å². The van der Waals surface area contributed by atoms with E-state index in [9.17, 15) is 4.79 Å². The molecule has 0 atom stereocenters. The highest BCUT2D eigenvalue weighted by Gasteiger charge is 2.23. The Morgan fingerprint density at radius 2 is 1.84 bits per heavy atom. The van der Waals surface area contributed by atoms with Crippen LogP contribution in [0, 0.1) is 13.8 Å². The second-order valence-electron chi connectivity index (χ2n) is 8.10. The van der Waals surface area contributed by atoms with Crippen molar-refractivity contribution >= 4 is 0 Å². The topological polar surface area (TPSA) is 66.8 Å². The summed E-state index contributed by atoms with van der Waals surface area (Å²) in [7, 11) is 0. The third kappa shape index (κ3) is 3.70. The minimum Gasteiger partial charge on any atom is -0.318 e. The number of pyridine rings is 1. The van der Waals surface area contributed by atoms with Crippen molar-refractivity contribution in [3.05, 3.63) is 99.5 Å². The van der Waals surface area contributed by atoms with Gasteiger partial charge in [-0.2, -0.15) is 0 Å². The van der Waals surface area contributed by atoms with Crippen LogP contribution in [0.3, 0.4) is 0 Å². The number of H-pyrrole nitrogens is 1. The zero-order chi connectivity index (χ0) is 21.4. The van der Waals surface area contributed by atoms with Gasteiger partial charge in [0.15, 0.2) is 0 Å². The Bertz CT molecular complexity index is 1270. The minimum atomic E-state index is -0.0451. The molecule has 1 N–H and O–H groups in total. The number of nitrogens with zero attached hydrogens (tertiary/aromatic N) is 4. The van der Waals surface area contributed by atoms with Crippen LogP contribution in [0.5, 0.6) is 0 Å². The molecule has 1 aliphatic rings. The summed E-state index contributed by atoms with van der Waals surface area (Å²) in [6.45, 7) is 6.63. The van der Waals surface area contributed by atoms with Gasteiger partial charge in [-0.05, 0) is 49.7 Å². The highest BCUT2D eigenvalue weighted by Crippen LogP contribution is 2.24. The van der Waals surface area contributed by atoms with E-state index in [4.69, 9.17) is 4.98 Å². The maximum Gasteiger partial charge on any atom is 0.255 e. The molecule has 1 aromatic carbocycles. The van der Waals surface area contributed by atoms with Crippen LogP contribution in [0.4, 0.5) is 0 Å². The molecule has 0 aliphatic carbocycles. The molecule has 0 unspecified atom stereocenters. The van der Waals surface area contributed by atoms with Crippen LogP contribution in [0.25, 0.3) is 17.1 Å². The summed E-state index contributed by atoms with van der Waals surface area (Å²) in [5, 5.41) is 0. The van der Waals surface area contributed by atoms with Gasteiger partial charge in [0.2, 0.25) is 0 Å². The number of aromatic amines is 1. The molecule has 156 valence electrons. The van der Waals surface area contributed by atoms with Crippen molar-refractivity contribution in [3.63, 3.8) is 0 Å². The smallest absolute Gasteiger partial charge is 0.255 e. The highest BCUT2D eigenvalue weighted by atomic mass is 16.1. The van der Waals surface area contributed by atoms with Gasteiger partial charge in [-0.3, -0.25) is 14.7 Å². The van der Waals surface area contributed by atoms with Gasteiger partial charge in [0.25, 0.3) is 5.56 Å². The average Bonchev–Trinajstić information content (AvgIpc) is 3.08. The van der Waals surface area contributed by atoms with Crippen molar-refractivity contribution in [2.45, 2.75) is 33.4 Å². The fraction of sp³-hybridized carbons (Fsp3) is 0.240. The molecule has 0 amide bonds. The molecule has 0 radical (unpaired) electrons. The Hall–Kier alpha value is -3.51. The molecule has 4 heterocycles. The molecule has 6 nitrogen and oxygen atoms in total. The van der Waals surface area contributed by atoms with Crippen molar-refractivity contribution in [2.75, 3.05) is 6.54 Å². The van der Waals surface area contributed by atoms with E-state index in [1.165, 1.54) is 22.6 Å². The first-order valence-electron chi connectivity index (χ1n) is 10.6. The number of hydrogen-bond donors (Lipinski definition) is 1. The third-order valence-corrected chi connectivity index (χ3v) is 6.05. The van der Waals surface area contributed by atoms with Crippen LogP contribution in [-0.2, 0) is 19.5 Å². The van der Waals surface area contributed by atoms with E-state index in [1.807, 2.05) is 18.2 Å². The first kappa shape index (κ1) is 19.5. The first-order chi connectivity index (χ1) is 15.1. The van der Waals surface area contributed by atoms with E-state index >= 15 is 0 Å². The normalized spacial score (nSPS) is 13.9. The molecule has 6 heteroatoms. The Morgan fingerprint density at radius 1 is 1.06 bits per heavy atom. The number of aromatic nitrogens is 4. The second kappa shape index (κ2) is 7.96. The first-order valence-corrected chi connectivity index (χ1v) is 10.6. The fourth-order valence-electron chi connectivity index (χ4n) is 4.47. The molecule has 0 bridgehead atoms. The maximum absolute atomic E-state index is 12.8. The van der Waals surface area contributed by atoms with Crippen LogP contribution < -0.4 is 5.56 Å². The summed E-state index contributed by atoms with van der Waals surface area (Å²) >= 11 is 0.